The summed E-state index contributed by atoms with van der Waals surface area (Å²) in [6.07, 6.45) is 5.08. The highest BCUT2D eigenvalue weighted by Crippen LogP contribution is 2.37. The van der Waals surface area contributed by atoms with Crippen LogP contribution in [0.2, 0.25) is 0 Å². The largest absolute Gasteiger partial charge is 0.496 e. The van der Waals surface area contributed by atoms with Gasteiger partial charge in [0.2, 0.25) is 0 Å². The van der Waals surface area contributed by atoms with Gasteiger partial charge in [0, 0.05) is 12.4 Å². The lowest BCUT2D eigenvalue weighted by molar-refractivity contribution is 0.396. The topological polar surface area (TPSA) is 77.8 Å². The molecule has 0 spiro atoms. The number of aromatic amines is 1. The van der Waals surface area contributed by atoms with Crippen LogP contribution in [0.1, 0.15) is 5.56 Å². The molecule has 2 aromatic heterocycles. The van der Waals surface area contributed by atoms with E-state index < -0.39 is 0 Å². The Bertz CT molecular complexity index is 724. The Balaban J connectivity index is 2.12. The van der Waals surface area contributed by atoms with E-state index in [0.717, 1.165) is 11.1 Å². The average Bonchev–Trinajstić information content (AvgIpc) is 3.16. The Morgan fingerprint density at radius 3 is 2.43 bits per heavy atom. The molecule has 0 unspecified atom stereocenters. The van der Waals surface area contributed by atoms with Crippen LogP contribution in [-0.2, 0) is 0 Å². The second-order valence-corrected chi connectivity index (χ2v) is 4.50. The van der Waals surface area contributed by atoms with Crippen LogP contribution < -0.4 is 9.47 Å². The molecule has 108 valence electrons. The van der Waals surface area contributed by atoms with Gasteiger partial charge >= 0.3 is 0 Å². The van der Waals surface area contributed by atoms with Gasteiger partial charge in [-0.2, -0.15) is 4.98 Å². The molecule has 0 aliphatic carbocycles. The van der Waals surface area contributed by atoms with Crippen LogP contribution in [0.5, 0.6) is 11.5 Å². The van der Waals surface area contributed by atoms with Crippen molar-refractivity contribution in [2.24, 2.45) is 0 Å². The van der Waals surface area contributed by atoms with Crippen LogP contribution in [0.4, 0.5) is 0 Å². The number of ether oxygens (including phenoxy) is 2. The van der Waals surface area contributed by atoms with E-state index in [4.69, 9.17) is 9.47 Å². The Morgan fingerprint density at radius 2 is 1.86 bits per heavy atom. The van der Waals surface area contributed by atoms with Crippen molar-refractivity contribution in [2.45, 2.75) is 6.92 Å². The molecule has 0 radical (unpaired) electrons. The minimum Gasteiger partial charge on any atom is -0.496 e. The van der Waals surface area contributed by atoms with Crippen molar-refractivity contribution in [3.63, 3.8) is 0 Å². The molecule has 0 aliphatic heterocycles. The van der Waals surface area contributed by atoms with E-state index in [-0.39, 0.29) is 0 Å². The normalized spacial score (nSPS) is 10.6. The van der Waals surface area contributed by atoms with Crippen LogP contribution in [-0.4, -0.2) is 39.0 Å². The Labute approximate surface area is 121 Å². The number of nitrogens with one attached hydrogen (secondary N) is 1. The second kappa shape index (κ2) is 5.28. The van der Waals surface area contributed by atoms with Crippen molar-refractivity contribution in [3.8, 4) is 28.8 Å². The van der Waals surface area contributed by atoms with Gasteiger partial charge in [-0.25, -0.2) is 4.98 Å². The zero-order valence-corrected chi connectivity index (χ0v) is 12.0. The third kappa shape index (κ3) is 2.33. The van der Waals surface area contributed by atoms with Crippen molar-refractivity contribution in [3.05, 3.63) is 36.4 Å². The highest BCUT2D eigenvalue weighted by atomic mass is 16.5. The number of imidazole rings is 1. The maximum Gasteiger partial charge on any atom is 0.254 e. The number of methoxy groups -OCH3 is 2. The molecule has 0 saturated carbocycles. The summed E-state index contributed by atoms with van der Waals surface area (Å²) in [4.78, 5) is 8.45. The summed E-state index contributed by atoms with van der Waals surface area (Å²) in [7, 11) is 3.23. The Kier molecular flexibility index (Phi) is 3.31. The molecule has 7 nitrogen and oxygen atoms in total. The molecule has 7 heteroatoms. The van der Waals surface area contributed by atoms with E-state index >= 15 is 0 Å². The summed E-state index contributed by atoms with van der Waals surface area (Å²) < 4.78 is 12.6. The first kappa shape index (κ1) is 13.2. The maximum atomic E-state index is 5.44. The number of H-pyrrole nitrogens is 1. The highest BCUT2D eigenvalue weighted by Gasteiger charge is 2.18. The molecule has 0 fully saturated rings. The Morgan fingerprint density at radius 1 is 1.14 bits per heavy atom. The number of nitrogens with zero attached hydrogens (tertiary/aromatic N) is 4. The summed E-state index contributed by atoms with van der Waals surface area (Å²) in [5, 5.41) is 7.09. The fourth-order valence-electron chi connectivity index (χ4n) is 2.13. The third-order valence-electron chi connectivity index (χ3n) is 3.10. The van der Waals surface area contributed by atoms with Gasteiger partial charge < -0.3 is 9.47 Å². The van der Waals surface area contributed by atoms with E-state index in [2.05, 4.69) is 20.2 Å². The van der Waals surface area contributed by atoms with Crippen LogP contribution >= 0.6 is 0 Å². The van der Waals surface area contributed by atoms with Crippen molar-refractivity contribution in [1.82, 2.24) is 24.7 Å². The van der Waals surface area contributed by atoms with E-state index in [1.807, 2.05) is 19.1 Å². The third-order valence-corrected chi connectivity index (χ3v) is 3.10. The number of hydrogen-bond acceptors (Lipinski definition) is 5. The van der Waals surface area contributed by atoms with Crippen molar-refractivity contribution in [1.29, 1.82) is 0 Å². The minimum absolute atomic E-state index is 0.507. The van der Waals surface area contributed by atoms with Gasteiger partial charge in [-0.3, -0.25) is 9.67 Å². The number of rotatable bonds is 4. The zero-order valence-electron chi connectivity index (χ0n) is 12.0. The van der Waals surface area contributed by atoms with Crippen molar-refractivity contribution in [2.75, 3.05) is 14.2 Å². The minimum atomic E-state index is 0.507. The molecule has 21 heavy (non-hydrogen) atoms. The predicted octanol–water partition coefficient (Wildman–Crippen LogP) is 1.98. The lowest BCUT2D eigenvalue weighted by atomic mass is 10.1. The standard InChI is InChI=1S/C14H15N5O2/c1-9-6-10(20-2)12(11(7-9)21-3)13-16-14(18-17-13)19-5-4-15-8-19/h4-8H,1-3H3,(H,16,17,18). The van der Waals surface area contributed by atoms with E-state index in [1.165, 1.54) is 0 Å². The van der Waals surface area contributed by atoms with Crippen LogP contribution in [0.15, 0.2) is 30.9 Å². The van der Waals surface area contributed by atoms with Gasteiger partial charge in [-0.1, -0.05) is 0 Å². The highest BCUT2D eigenvalue weighted by molar-refractivity contribution is 5.72. The summed E-state index contributed by atoms with van der Waals surface area (Å²) >= 11 is 0. The van der Waals surface area contributed by atoms with E-state index in [9.17, 15) is 0 Å². The van der Waals surface area contributed by atoms with Gasteiger partial charge in [-0.05, 0) is 24.6 Å². The van der Waals surface area contributed by atoms with Crippen LogP contribution in [0.25, 0.3) is 17.3 Å². The molecule has 1 aromatic carbocycles. The lowest BCUT2D eigenvalue weighted by Gasteiger charge is -2.12. The lowest BCUT2D eigenvalue weighted by Crippen LogP contribution is -1.96. The summed E-state index contributed by atoms with van der Waals surface area (Å²) in [6.45, 7) is 1.98. The monoisotopic (exact) mass is 285 g/mol. The molecule has 0 saturated heterocycles. The second-order valence-electron chi connectivity index (χ2n) is 4.50. The fourth-order valence-corrected chi connectivity index (χ4v) is 2.13. The van der Waals surface area contributed by atoms with Crippen molar-refractivity contribution >= 4 is 0 Å². The average molecular weight is 285 g/mol. The quantitative estimate of drug-likeness (QED) is 0.793. The van der Waals surface area contributed by atoms with Crippen molar-refractivity contribution < 1.29 is 9.47 Å². The van der Waals surface area contributed by atoms with Crippen LogP contribution in [0, 0.1) is 6.92 Å². The SMILES string of the molecule is COc1cc(C)cc(OC)c1-c1nc(-n2ccnc2)n[nH]1. The number of aromatic nitrogens is 5. The summed E-state index contributed by atoms with van der Waals surface area (Å²) in [5.41, 5.74) is 1.78. The van der Waals surface area contributed by atoms with Crippen LogP contribution in [0.3, 0.4) is 0 Å². The summed E-state index contributed by atoms with van der Waals surface area (Å²) in [5.74, 6) is 2.44. The predicted molar refractivity (Wildman–Crippen MR) is 76.8 cm³/mol. The molecular weight excluding hydrogens is 270 g/mol. The summed E-state index contributed by atoms with van der Waals surface area (Å²) in [6, 6.07) is 3.86. The van der Waals surface area contributed by atoms with Gasteiger partial charge in [0.05, 0.1) is 14.2 Å². The molecule has 2 heterocycles. The maximum absolute atomic E-state index is 5.44. The number of benzene rings is 1. The van der Waals surface area contributed by atoms with Gasteiger partial charge in [0.15, 0.2) is 5.82 Å². The molecule has 0 bridgehead atoms. The fraction of sp³-hybridized carbons (Fsp3) is 0.214. The zero-order chi connectivity index (χ0) is 14.8. The molecular formula is C14H15N5O2. The molecule has 3 rings (SSSR count). The van der Waals surface area contributed by atoms with Gasteiger partial charge in [-0.15, -0.1) is 5.10 Å². The number of aryl methyl sites for hydroxylation is 1. The Hall–Kier alpha value is -2.83. The first-order valence-electron chi connectivity index (χ1n) is 6.36. The molecule has 0 amide bonds. The first-order valence-corrected chi connectivity index (χ1v) is 6.36. The smallest absolute Gasteiger partial charge is 0.254 e. The molecule has 0 atom stereocenters. The first-order chi connectivity index (χ1) is 10.2. The number of hydrogen-bond donors (Lipinski definition) is 1. The van der Waals surface area contributed by atoms with E-state index in [0.29, 0.717) is 23.3 Å². The van der Waals surface area contributed by atoms with Gasteiger partial charge in [0.1, 0.15) is 23.4 Å². The molecule has 0 aliphatic rings. The van der Waals surface area contributed by atoms with Gasteiger partial charge in [0.25, 0.3) is 5.95 Å². The molecule has 3 aromatic rings. The van der Waals surface area contributed by atoms with E-state index in [1.54, 1.807) is 37.5 Å². The molecule has 1 N–H and O–H groups in total.